The minimum atomic E-state index is -0.610. The quantitative estimate of drug-likeness (QED) is 0.606. The van der Waals surface area contributed by atoms with Gasteiger partial charge in [0.1, 0.15) is 5.60 Å². The first-order chi connectivity index (χ1) is 11.7. The van der Waals surface area contributed by atoms with Crippen LogP contribution in [0.1, 0.15) is 44.0 Å². The monoisotopic (exact) mass is 350 g/mol. The fraction of sp³-hybridized carbons (Fsp3) is 0.611. The van der Waals surface area contributed by atoms with Gasteiger partial charge in [0.15, 0.2) is 5.78 Å². The lowest BCUT2D eigenvalue weighted by Gasteiger charge is -2.47. The molecule has 0 spiro atoms. The number of Topliss-reactive ketones (excluding diaryl/α,β-unsaturated/α-hetero) is 1. The Balaban J connectivity index is 1.73. The van der Waals surface area contributed by atoms with E-state index in [1.54, 1.807) is 4.90 Å². The lowest BCUT2D eigenvalue weighted by molar-refractivity contribution is -0.0861. The van der Waals surface area contributed by atoms with Gasteiger partial charge in [0, 0.05) is 17.7 Å². The first-order valence-corrected chi connectivity index (χ1v) is 8.49. The van der Waals surface area contributed by atoms with Gasteiger partial charge in [-0.2, -0.15) is 4.39 Å². The number of fused-ring (bicyclic) bond motifs is 2. The number of ether oxygens (including phenoxy) is 2. The maximum atomic E-state index is 13.0. The molecule has 136 valence electrons. The third kappa shape index (κ3) is 3.98. The van der Waals surface area contributed by atoms with Gasteiger partial charge in [-0.3, -0.25) is 9.69 Å². The van der Waals surface area contributed by atoms with Gasteiger partial charge in [0.05, 0.1) is 25.3 Å². The van der Waals surface area contributed by atoms with Crippen LogP contribution < -0.4 is 0 Å². The summed E-state index contributed by atoms with van der Waals surface area (Å²) in [4.78, 5) is 30.5. The number of nitrogens with zero attached hydrogens (tertiary/aromatic N) is 2. The lowest BCUT2D eigenvalue weighted by Crippen LogP contribution is -2.60. The summed E-state index contributed by atoms with van der Waals surface area (Å²) in [7, 11) is 0. The Morgan fingerprint density at radius 1 is 1.24 bits per heavy atom. The number of pyridine rings is 1. The van der Waals surface area contributed by atoms with Crippen molar-refractivity contribution in [2.24, 2.45) is 5.92 Å². The summed E-state index contributed by atoms with van der Waals surface area (Å²) in [5, 5.41) is 0. The van der Waals surface area contributed by atoms with Crippen LogP contribution in [0.15, 0.2) is 18.3 Å². The van der Waals surface area contributed by atoms with Gasteiger partial charge in [-0.05, 0) is 45.7 Å². The predicted octanol–water partition coefficient (Wildman–Crippen LogP) is 2.82. The average Bonchev–Trinajstić information content (AvgIpc) is 2.52. The van der Waals surface area contributed by atoms with Crippen molar-refractivity contribution in [1.29, 1.82) is 0 Å². The molecule has 3 heterocycles. The van der Waals surface area contributed by atoms with Gasteiger partial charge in [-0.25, -0.2) is 9.78 Å². The Labute approximate surface area is 146 Å². The predicted molar refractivity (Wildman–Crippen MR) is 87.7 cm³/mol. The molecular formula is C18H23FN2O4. The third-order valence-corrected chi connectivity index (χ3v) is 4.51. The second kappa shape index (κ2) is 6.71. The van der Waals surface area contributed by atoms with E-state index >= 15 is 0 Å². The van der Waals surface area contributed by atoms with E-state index < -0.39 is 11.5 Å². The number of carbonyl (C=O) groups is 2. The second-order valence-electron chi connectivity index (χ2n) is 7.63. The number of ketones is 1. The molecule has 1 amide bonds. The fourth-order valence-corrected chi connectivity index (χ4v) is 3.50. The molecule has 2 fully saturated rings. The van der Waals surface area contributed by atoms with Crippen LogP contribution >= 0.6 is 0 Å². The van der Waals surface area contributed by atoms with E-state index in [1.807, 2.05) is 20.8 Å². The zero-order valence-electron chi connectivity index (χ0n) is 14.7. The van der Waals surface area contributed by atoms with Gasteiger partial charge >= 0.3 is 6.09 Å². The van der Waals surface area contributed by atoms with Crippen molar-refractivity contribution in [3.63, 3.8) is 0 Å². The Morgan fingerprint density at radius 3 is 2.40 bits per heavy atom. The molecule has 1 aromatic heterocycles. The molecule has 2 atom stereocenters. The SMILES string of the molecule is CC(C)(C)OC(=O)N1C2COCC1CC(C(=O)c1ccc(F)nc1)C2. The zero-order chi connectivity index (χ0) is 18.2. The fourth-order valence-electron chi connectivity index (χ4n) is 3.50. The molecule has 0 N–H and O–H groups in total. The van der Waals surface area contributed by atoms with Crippen LogP contribution in [0.2, 0.25) is 0 Å². The van der Waals surface area contributed by atoms with E-state index in [0.29, 0.717) is 31.6 Å². The second-order valence-corrected chi connectivity index (χ2v) is 7.63. The van der Waals surface area contributed by atoms with Crippen molar-refractivity contribution in [2.45, 2.75) is 51.3 Å². The highest BCUT2D eigenvalue weighted by atomic mass is 19.1. The normalized spacial score (nSPS) is 26.2. The van der Waals surface area contributed by atoms with Crippen LogP contribution in [0.5, 0.6) is 0 Å². The maximum Gasteiger partial charge on any atom is 0.410 e. The molecule has 25 heavy (non-hydrogen) atoms. The topological polar surface area (TPSA) is 68.7 Å². The number of rotatable bonds is 2. The molecule has 6 nitrogen and oxygen atoms in total. The standard InChI is InChI=1S/C18H23FN2O4/c1-18(2,3)25-17(23)21-13-6-12(7-14(21)10-24-9-13)16(22)11-4-5-15(19)20-8-11/h4-5,8,12-14H,6-7,9-10H2,1-3H3. The summed E-state index contributed by atoms with van der Waals surface area (Å²) in [6.45, 7) is 6.27. The molecule has 0 radical (unpaired) electrons. The van der Waals surface area contributed by atoms with Gasteiger partial charge < -0.3 is 9.47 Å². The van der Waals surface area contributed by atoms with E-state index in [0.717, 1.165) is 0 Å². The third-order valence-electron chi connectivity index (χ3n) is 4.51. The molecule has 1 aromatic rings. The summed E-state index contributed by atoms with van der Waals surface area (Å²) in [6.07, 6.45) is 1.92. The van der Waals surface area contributed by atoms with Gasteiger partial charge in [0.2, 0.25) is 5.95 Å². The van der Waals surface area contributed by atoms with Gasteiger partial charge in [0.25, 0.3) is 0 Å². The minimum Gasteiger partial charge on any atom is -0.444 e. The van der Waals surface area contributed by atoms with E-state index in [9.17, 15) is 14.0 Å². The number of aromatic nitrogens is 1. The summed E-state index contributed by atoms with van der Waals surface area (Å²) < 4.78 is 24.0. The highest BCUT2D eigenvalue weighted by Crippen LogP contribution is 2.34. The Kier molecular flexibility index (Phi) is 4.77. The lowest BCUT2D eigenvalue weighted by atomic mass is 9.81. The van der Waals surface area contributed by atoms with E-state index in [4.69, 9.17) is 9.47 Å². The molecule has 0 aliphatic carbocycles. The number of amides is 1. The highest BCUT2D eigenvalue weighted by Gasteiger charge is 2.45. The zero-order valence-corrected chi connectivity index (χ0v) is 14.7. The Morgan fingerprint density at radius 2 is 1.88 bits per heavy atom. The van der Waals surface area contributed by atoms with Crippen LogP contribution in [-0.4, -0.2) is 52.7 Å². The smallest absolute Gasteiger partial charge is 0.410 e. The number of morpholine rings is 1. The molecule has 2 unspecified atom stereocenters. The highest BCUT2D eigenvalue weighted by molar-refractivity contribution is 5.97. The van der Waals surface area contributed by atoms with Crippen molar-refractivity contribution in [2.75, 3.05) is 13.2 Å². The summed E-state index contributed by atoms with van der Waals surface area (Å²) in [6, 6.07) is 2.26. The van der Waals surface area contributed by atoms with Crippen molar-refractivity contribution >= 4 is 11.9 Å². The molecule has 7 heteroatoms. The van der Waals surface area contributed by atoms with Crippen LogP contribution in [0.3, 0.4) is 0 Å². The largest absolute Gasteiger partial charge is 0.444 e. The van der Waals surface area contributed by atoms with Gasteiger partial charge in [-0.15, -0.1) is 0 Å². The van der Waals surface area contributed by atoms with E-state index in [-0.39, 0.29) is 29.9 Å². The maximum absolute atomic E-state index is 13.0. The molecule has 2 bridgehead atoms. The number of hydrogen-bond acceptors (Lipinski definition) is 5. The minimum absolute atomic E-state index is 0.0618. The summed E-state index contributed by atoms with van der Waals surface area (Å²) >= 11 is 0. The Hall–Kier alpha value is -2.02. The molecular weight excluding hydrogens is 327 g/mol. The molecule has 0 aromatic carbocycles. The van der Waals surface area contributed by atoms with Crippen LogP contribution in [-0.2, 0) is 9.47 Å². The van der Waals surface area contributed by atoms with Crippen molar-refractivity contribution in [1.82, 2.24) is 9.88 Å². The van der Waals surface area contributed by atoms with Crippen LogP contribution in [0.25, 0.3) is 0 Å². The molecule has 3 rings (SSSR count). The number of hydrogen-bond donors (Lipinski definition) is 0. The van der Waals surface area contributed by atoms with Crippen molar-refractivity contribution in [3.05, 3.63) is 29.8 Å². The van der Waals surface area contributed by atoms with Crippen molar-refractivity contribution < 1.29 is 23.5 Å². The molecule has 2 saturated heterocycles. The first-order valence-electron chi connectivity index (χ1n) is 8.49. The average molecular weight is 350 g/mol. The molecule has 2 aliphatic rings. The van der Waals surface area contributed by atoms with E-state index in [1.165, 1.54) is 18.3 Å². The summed E-state index contributed by atoms with van der Waals surface area (Å²) in [5.74, 6) is -0.903. The Bertz CT molecular complexity index is 642. The molecule has 2 aliphatic heterocycles. The first kappa shape index (κ1) is 17.8. The van der Waals surface area contributed by atoms with E-state index in [2.05, 4.69) is 4.98 Å². The van der Waals surface area contributed by atoms with Crippen LogP contribution in [0, 0.1) is 11.9 Å². The van der Waals surface area contributed by atoms with Crippen LogP contribution in [0.4, 0.5) is 9.18 Å². The van der Waals surface area contributed by atoms with Gasteiger partial charge in [-0.1, -0.05) is 0 Å². The number of carbonyl (C=O) groups excluding carboxylic acids is 2. The number of halogens is 1. The number of piperidine rings is 1. The summed E-state index contributed by atoms with van der Waals surface area (Å²) in [5.41, 5.74) is -0.172. The molecule has 0 saturated carbocycles. The van der Waals surface area contributed by atoms with Crippen molar-refractivity contribution in [3.8, 4) is 0 Å².